The van der Waals surface area contributed by atoms with Gasteiger partial charge in [0, 0.05) is 51.4 Å². The zero-order chi connectivity index (χ0) is 17.2. The molecule has 4 heterocycles. The van der Waals surface area contributed by atoms with Crippen LogP contribution in [0.1, 0.15) is 35.6 Å². The van der Waals surface area contributed by atoms with Gasteiger partial charge in [0.1, 0.15) is 5.76 Å². The van der Waals surface area contributed by atoms with Gasteiger partial charge in [-0.2, -0.15) is 0 Å². The van der Waals surface area contributed by atoms with Gasteiger partial charge in [0.15, 0.2) is 5.76 Å². The monoisotopic (exact) mass is 348 g/mol. The number of aryl methyl sites for hydroxylation is 1. The number of likely N-dealkylation sites (tertiary alicyclic amines) is 1. The summed E-state index contributed by atoms with van der Waals surface area (Å²) in [5, 5.41) is 0. The van der Waals surface area contributed by atoms with Crippen LogP contribution >= 0.6 is 0 Å². The molecule has 6 nitrogen and oxygen atoms in total. The fourth-order valence-corrected chi connectivity index (χ4v) is 4.35. The van der Waals surface area contributed by atoms with Crippen LogP contribution in [0.15, 0.2) is 16.5 Å². The van der Waals surface area contributed by atoms with Crippen molar-refractivity contribution in [2.45, 2.75) is 38.3 Å². The van der Waals surface area contributed by atoms with Gasteiger partial charge in [-0.25, -0.2) is 0 Å². The number of carbonyl (C=O) groups is 1. The highest BCUT2D eigenvalue weighted by Crippen LogP contribution is 2.27. The topological polar surface area (TPSA) is 55.2 Å². The maximum Gasteiger partial charge on any atom is 0.289 e. The summed E-state index contributed by atoms with van der Waals surface area (Å²) in [5.41, 5.74) is 0. The molecule has 3 fully saturated rings. The number of furan rings is 1. The van der Waals surface area contributed by atoms with Gasteiger partial charge in [0.05, 0.1) is 12.7 Å². The lowest BCUT2D eigenvalue weighted by Crippen LogP contribution is -2.50. The number of hydrogen-bond acceptors (Lipinski definition) is 5. The van der Waals surface area contributed by atoms with E-state index in [0.717, 1.165) is 64.5 Å². The van der Waals surface area contributed by atoms with Gasteiger partial charge in [-0.15, -0.1) is 0 Å². The van der Waals surface area contributed by atoms with Gasteiger partial charge in [0.2, 0.25) is 0 Å². The number of carbonyl (C=O) groups excluding carboxylic acids is 1. The molecule has 0 N–H and O–H groups in total. The van der Waals surface area contributed by atoms with E-state index in [2.05, 4.69) is 4.90 Å². The zero-order valence-electron chi connectivity index (χ0n) is 15.0. The van der Waals surface area contributed by atoms with E-state index in [0.29, 0.717) is 24.3 Å². The summed E-state index contributed by atoms with van der Waals surface area (Å²) < 4.78 is 17.2. The molecule has 1 amide bonds. The van der Waals surface area contributed by atoms with Gasteiger partial charge in [0.25, 0.3) is 5.91 Å². The molecule has 0 radical (unpaired) electrons. The van der Waals surface area contributed by atoms with Crippen molar-refractivity contribution in [1.82, 2.24) is 9.80 Å². The molecule has 0 aromatic carbocycles. The third kappa shape index (κ3) is 3.76. The molecule has 0 unspecified atom stereocenters. The van der Waals surface area contributed by atoms with Crippen LogP contribution in [-0.4, -0.2) is 73.9 Å². The molecular weight excluding hydrogens is 320 g/mol. The van der Waals surface area contributed by atoms with E-state index in [1.807, 2.05) is 17.9 Å². The van der Waals surface area contributed by atoms with Crippen LogP contribution in [0.3, 0.4) is 0 Å². The minimum atomic E-state index is -0.0133. The van der Waals surface area contributed by atoms with Gasteiger partial charge in [-0.3, -0.25) is 9.69 Å². The number of nitrogens with zero attached hydrogens (tertiary/aromatic N) is 2. The van der Waals surface area contributed by atoms with Crippen molar-refractivity contribution < 1.29 is 18.7 Å². The molecule has 0 bridgehead atoms. The molecule has 3 aliphatic rings. The maximum absolute atomic E-state index is 12.6. The van der Waals surface area contributed by atoms with Crippen molar-refractivity contribution in [3.8, 4) is 0 Å². The molecule has 138 valence electrons. The highest BCUT2D eigenvalue weighted by atomic mass is 16.5. The molecule has 1 aromatic heterocycles. The number of amides is 1. The molecule has 2 atom stereocenters. The lowest BCUT2D eigenvalue weighted by atomic mass is 9.92. The largest absolute Gasteiger partial charge is 0.456 e. The summed E-state index contributed by atoms with van der Waals surface area (Å²) in [6.07, 6.45) is 3.38. The fourth-order valence-electron chi connectivity index (χ4n) is 4.35. The lowest BCUT2D eigenvalue weighted by Gasteiger charge is -2.39. The molecule has 3 aliphatic heterocycles. The fraction of sp³-hybridized carbons (Fsp3) is 0.737. The van der Waals surface area contributed by atoms with E-state index in [-0.39, 0.29) is 12.0 Å². The standard InChI is InChI=1S/C19H28N2O4/c1-14-2-3-17(25-14)19(22)21-7-4-15-12-20(8-11-24-18(15)13-21)16-5-9-23-10-6-16/h2-3,15-16,18H,4-13H2,1H3/t15-,18-/m1/s1. The number of ether oxygens (including phenoxy) is 2. The Morgan fingerprint density at radius 3 is 2.68 bits per heavy atom. The minimum absolute atomic E-state index is 0.0133. The Balaban J connectivity index is 1.38. The first kappa shape index (κ1) is 17.1. The first-order valence-electron chi connectivity index (χ1n) is 9.50. The summed E-state index contributed by atoms with van der Waals surface area (Å²) in [7, 11) is 0. The van der Waals surface area contributed by atoms with Crippen molar-refractivity contribution in [2.75, 3.05) is 46.0 Å². The van der Waals surface area contributed by atoms with Crippen LogP contribution in [0.25, 0.3) is 0 Å². The van der Waals surface area contributed by atoms with Crippen molar-refractivity contribution in [3.05, 3.63) is 23.7 Å². The van der Waals surface area contributed by atoms with Crippen molar-refractivity contribution in [1.29, 1.82) is 0 Å². The van der Waals surface area contributed by atoms with Crippen molar-refractivity contribution in [2.24, 2.45) is 5.92 Å². The normalized spacial score (nSPS) is 29.2. The third-order valence-corrected chi connectivity index (χ3v) is 5.82. The molecule has 0 spiro atoms. The summed E-state index contributed by atoms with van der Waals surface area (Å²) in [4.78, 5) is 17.1. The van der Waals surface area contributed by atoms with Crippen LogP contribution in [0, 0.1) is 12.8 Å². The minimum Gasteiger partial charge on any atom is -0.456 e. The molecule has 25 heavy (non-hydrogen) atoms. The second-order valence-corrected chi connectivity index (χ2v) is 7.46. The van der Waals surface area contributed by atoms with E-state index in [1.165, 1.54) is 0 Å². The van der Waals surface area contributed by atoms with E-state index in [1.54, 1.807) is 6.07 Å². The van der Waals surface area contributed by atoms with E-state index in [4.69, 9.17) is 13.9 Å². The number of rotatable bonds is 2. The Morgan fingerprint density at radius 1 is 1.08 bits per heavy atom. The summed E-state index contributed by atoms with van der Waals surface area (Å²) in [6.45, 7) is 7.89. The van der Waals surface area contributed by atoms with Crippen LogP contribution in [0.4, 0.5) is 0 Å². The SMILES string of the molecule is Cc1ccc(C(=O)N2CC[C@@H]3CN(C4CCOCC4)CCO[C@@H]3C2)o1. The first-order valence-corrected chi connectivity index (χ1v) is 9.50. The number of hydrogen-bond donors (Lipinski definition) is 0. The molecule has 0 saturated carbocycles. The van der Waals surface area contributed by atoms with Crippen LogP contribution in [-0.2, 0) is 9.47 Å². The second-order valence-electron chi connectivity index (χ2n) is 7.46. The molecule has 4 rings (SSSR count). The average Bonchev–Trinajstić information content (AvgIpc) is 2.96. The lowest BCUT2D eigenvalue weighted by molar-refractivity contribution is -0.0182. The molecule has 0 aliphatic carbocycles. The van der Waals surface area contributed by atoms with Gasteiger partial charge >= 0.3 is 0 Å². The summed E-state index contributed by atoms with van der Waals surface area (Å²) in [5.74, 6) is 1.71. The average molecular weight is 348 g/mol. The van der Waals surface area contributed by atoms with E-state index >= 15 is 0 Å². The van der Waals surface area contributed by atoms with E-state index < -0.39 is 0 Å². The maximum atomic E-state index is 12.6. The van der Waals surface area contributed by atoms with E-state index in [9.17, 15) is 4.79 Å². The van der Waals surface area contributed by atoms with Crippen LogP contribution in [0.2, 0.25) is 0 Å². The Labute approximate surface area is 149 Å². The Kier molecular flexibility index (Phi) is 5.10. The molecule has 3 saturated heterocycles. The number of fused-ring (bicyclic) bond motifs is 1. The van der Waals surface area contributed by atoms with Crippen molar-refractivity contribution >= 4 is 5.91 Å². The Hall–Kier alpha value is -1.37. The van der Waals surface area contributed by atoms with Crippen molar-refractivity contribution in [3.63, 3.8) is 0 Å². The Morgan fingerprint density at radius 2 is 1.92 bits per heavy atom. The van der Waals surface area contributed by atoms with Crippen LogP contribution < -0.4 is 0 Å². The molecule has 1 aromatic rings. The van der Waals surface area contributed by atoms with Crippen LogP contribution in [0.5, 0.6) is 0 Å². The summed E-state index contributed by atoms with van der Waals surface area (Å²) in [6, 6.07) is 4.24. The smallest absolute Gasteiger partial charge is 0.289 e. The quantitative estimate of drug-likeness (QED) is 0.817. The second kappa shape index (κ2) is 7.48. The molecule has 6 heteroatoms. The van der Waals surface area contributed by atoms with Gasteiger partial charge in [-0.05, 0) is 38.3 Å². The highest BCUT2D eigenvalue weighted by Gasteiger charge is 2.37. The summed E-state index contributed by atoms with van der Waals surface area (Å²) >= 11 is 0. The Bertz CT molecular complexity index is 596. The van der Waals surface area contributed by atoms with Gasteiger partial charge < -0.3 is 18.8 Å². The third-order valence-electron chi connectivity index (χ3n) is 5.82. The van der Waals surface area contributed by atoms with Gasteiger partial charge in [-0.1, -0.05) is 0 Å². The predicted octanol–water partition coefficient (Wildman–Crippen LogP) is 1.93. The number of piperidine rings is 1. The first-order chi connectivity index (χ1) is 12.2. The highest BCUT2D eigenvalue weighted by molar-refractivity contribution is 5.91. The zero-order valence-corrected chi connectivity index (χ0v) is 15.0. The predicted molar refractivity (Wildman–Crippen MR) is 92.6 cm³/mol. The molecular formula is C19H28N2O4.